The number of piperazine rings is 1. The lowest BCUT2D eigenvalue weighted by molar-refractivity contribution is -0.138. The monoisotopic (exact) mass is 364 g/mol. The summed E-state index contributed by atoms with van der Waals surface area (Å²) in [6.07, 6.45) is -4.40. The first kappa shape index (κ1) is 17.2. The number of rotatable bonds is 3. The van der Waals surface area contributed by atoms with Crippen LogP contribution >= 0.6 is 0 Å². The van der Waals surface area contributed by atoms with E-state index in [9.17, 15) is 13.2 Å². The minimum atomic E-state index is -4.40. The number of hydrogen-bond donors (Lipinski definition) is 1. The van der Waals surface area contributed by atoms with Crippen molar-refractivity contribution in [2.75, 3.05) is 33.0 Å². The van der Waals surface area contributed by atoms with Crippen molar-refractivity contribution in [3.8, 4) is 11.5 Å². The third-order valence-electron chi connectivity index (χ3n) is 4.79. The SMILES string of the molecule is FC(F)(F)c1ccccc1C(c1ccc2c(c1)OCO2)N1CCNCC1. The fourth-order valence-corrected chi connectivity index (χ4v) is 3.60. The Labute approximate surface area is 149 Å². The standard InChI is InChI=1S/C19H19F3N2O2/c20-19(21,22)15-4-2-1-3-14(15)18(24-9-7-23-8-10-24)13-5-6-16-17(11-13)26-12-25-16/h1-6,11,18,23H,7-10,12H2. The van der Waals surface area contributed by atoms with E-state index in [-0.39, 0.29) is 12.4 Å². The van der Waals surface area contributed by atoms with E-state index in [0.29, 0.717) is 24.6 Å². The highest BCUT2D eigenvalue weighted by Gasteiger charge is 2.37. The molecule has 26 heavy (non-hydrogen) atoms. The van der Waals surface area contributed by atoms with E-state index in [2.05, 4.69) is 10.2 Å². The molecule has 2 aromatic carbocycles. The van der Waals surface area contributed by atoms with Gasteiger partial charge in [0, 0.05) is 26.2 Å². The molecule has 0 bridgehead atoms. The molecule has 1 unspecified atom stereocenters. The van der Waals surface area contributed by atoms with Gasteiger partial charge < -0.3 is 14.8 Å². The van der Waals surface area contributed by atoms with Crippen LogP contribution in [0.3, 0.4) is 0 Å². The average molecular weight is 364 g/mol. The summed E-state index contributed by atoms with van der Waals surface area (Å²) < 4.78 is 51.7. The molecular formula is C19H19F3N2O2. The number of alkyl halides is 3. The molecule has 0 radical (unpaired) electrons. The maximum Gasteiger partial charge on any atom is 0.416 e. The van der Waals surface area contributed by atoms with Gasteiger partial charge in [-0.2, -0.15) is 13.2 Å². The topological polar surface area (TPSA) is 33.7 Å². The largest absolute Gasteiger partial charge is 0.454 e. The maximum absolute atomic E-state index is 13.6. The van der Waals surface area contributed by atoms with E-state index in [4.69, 9.17) is 9.47 Å². The van der Waals surface area contributed by atoms with Gasteiger partial charge in [0.15, 0.2) is 11.5 Å². The van der Waals surface area contributed by atoms with Gasteiger partial charge in [0.2, 0.25) is 6.79 Å². The molecule has 4 nitrogen and oxygen atoms in total. The van der Waals surface area contributed by atoms with E-state index in [1.54, 1.807) is 24.3 Å². The Morgan fingerprint density at radius 2 is 1.69 bits per heavy atom. The van der Waals surface area contributed by atoms with Crippen molar-refractivity contribution < 1.29 is 22.6 Å². The molecule has 2 heterocycles. The Morgan fingerprint density at radius 3 is 2.46 bits per heavy atom. The summed E-state index contributed by atoms with van der Waals surface area (Å²) in [7, 11) is 0. The first-order valence-electron chi connectivity index (χ1n) is 8.54. The molecule has 1 fully saturated rings. The van der Waals surface area contributed by atoms with Gasteiger partial charge in [-0.05, 0) is 29.3 Å². The van der Waals surface area contributed by atoms with Crippen molar-refractivity contribution in [1.29, 1.82) is 0 Å². The lowest BCUT2D eigenvalue weighted by Gasteiger charge is -2.36. The molecule has 7 heteroatoms. The fraction of sp³-hybridized carbons (Fsp3) is 0.368. The van der Waals surface area contributed by atoms with E-state index >= 15 is 0 Å². The molecule has 1 atom stereocenters. The van der Waals surface area contributed by atoms with Crippen LogP contribution in [0.5, 0.6) is 11.5 Å². The minimum absolute atomic E-state index is 0.135. The van der Waals surface area contributed by atoms with E-state index < -0.39 is 17.8 Å². The molecule has 0 aliphatic carbocycles. The summed E-state index contributed by atoms with van der Waals surface area (Å²) in [5.41, 5.74) is 0.440. The zero-order valence-corrected chi connectivity index (χ0v) is 14.1. The zero-order valence-electron chi connectivity index (χ0n) is 14.1. The van der Waals surface area contributed by atoms with Crippen LogP contribution in [0.4, 0.5) is 13.2 Å². The molecule has 2 aromatic rings. The normalized spacial score (nSPS) is 18.7. The Morgan fingerprint density at radius 1 is 0.962 bits per heavy atom. The molecule has 138 valence electrons. The first-order valence-corrected chi connectivity index (χ1v) is 8.54. The number of hydrogen-bond acceptors (Lipinski definition) is 4. The predicted molar refractivity (Wildman–Crippen MR) is 90.3 cm³/mol. The van der Waals surface area contributed by atoms with Crippen molar-refractivity contribution in [3.05, 3.63) is 59.2 Å². The highest BCUT2D eigenvalue weighted by molar-refractivity contribution is 5.48. The highest BCUT2D eigenvalue weighted by atomic mass is 19.4. The molecule has 0 spiro atoms. The number of halogens is 3. The van der Waals surface area contributed by atoms with Crippen molar-refractivity contribution in [1.82, 2.24) is 10.2 Å². The summed E-state index contributed by atoms with van der Waals surface area (Å²) in [5.74, 6) is 1.20. The van der Waals surface area contributed by atoms with Gasteiger partial charge in [0.1, 0.15) is 0 Å². The van der Waals surface area contributed by atoms with Crippen LogP contribution in [-0.4, -0.2) is 37.9 Å². The van der Waals surface area contributed by atoms with Crippen LogP contribution < -0.4 is 14.8 Å². The number of ether oxygens (including phenoxy) is 2. The van der Waals surface area contributed by atoms with Crippen LogP contribution in [0.1, 0.15) is 22.7 Å². The summed E-state index contributed by atoms with van der Waals surface area (Å²) >= 11 is 0. The van der Waals surface area contributed by atoms with Gasteiger partial charge in [-0.1, -0.05) is 24.3 Å². The van der Waals surface area contributed by atoms with Gasteiger partial charge in [-0.3, -0.25) is 4.90 Å². The summed E-state index contributed by atoms with van der Waals surface area (Å²) in [6, 6.07) is 10.7. The second-order valence-electron chi connectivity index (χ2n) is 6.39. The van der Waals surface area contributed by atoms with Gasteiger partial charge in [0.05, 0.1) is 11.6 Å². The quantitative estimate of drug-likeness (QED) is 0.905. The maximum atomic E-state index is 13.6. The van der Waals surface area contributed by atoms with Crippen molar-refractivity contribution in [3.63, 3.8) is 0 Å². The fourth-order valence-electron chi connectivity index (χ4n) is 3.60. The third kappa shape index (κ3) is 3.24. The summed E-state index contributed by atoms with van der Waals surface area (Å²) in [4.78, 5) is 2.08. The van der Waals surface area contributed by atoms with Gasteiger partial charge in [-0.15, -0.1) is 0 Å². The molecular weight excluding hydrogens is 345 g/mol. The van der Waals surface area contributed by atoms with E-state index in [1.807, 2.05) is 6.07 Å². The molecule has 0 aromatic heterocycles. The lowest BCUT2D eigenvalue weighted by Crippen LogP contribution is -2.45. The summed E-state index contributed by atoms with van der Waals surface area (Å²) in [6.45, 7) is 2.97. The zero-order chi connectivity index (χ0) is 18.1. The van der Waals surface area contributed by atoms with E-state index in [1.165, 1.54) is 6.07 Å². The Balaban J connectivity index is 1.82. The molecule has 0 amide bonds. The predicted octanol–water partition coefficient (Wildman–Crippen LogP) is 3.43. The van der Waals surface area contributed by atoms with Crippen molar-refractivity contribution in [2.24, 2.45) is 0 Å². The summed E-state index contributed by atoms with van der Waals surface area (Å²) in [5, 5.41) is 3.25. The second kappa shape index (κ2) is 6.81. The molecule has 2 aliphatic heterocycles. The van der Waals surface area contributed by atoms with Gasteiger partial charge >= 0.3 is 6.18 Å². The molecule has 0 saturated carbocycles. The highest BCUT2D eigenvalue weighted by Crippen LogP contribution is 2.42. The van der Waals surface area contributed by atoms with Crippen LogP contribution in [0.25, 0.3) is 0 Å². The average Bonchev–Trinajstić information content (AvgIpc) is 3.10. The van der Waals surface area contributed by atoms with E-state index in [0.717, 1.165) is 24.7 Å². The first-order chi connectivity index (χ1) is 12.5. The minimum Gasteiger partial charge on any atom is -0.454 e. The van der Waals surface area contributed by atoms with Crippen molar-refractivity contribution >= 4 is 0 Å². The Hall–Kier alpha value is -2.25. The number of benzene rings is 2. The molecule has 2 aliphatic rings. The second-order valence-corrected chi connectivity index (χ2v) is 6.39. The number of nitrogens with zero attached hydrogens (tertiary/aromatic N) is 1. The number of fused-ring (bicyclic) bond motifs is 1. The van der Waals surface area contributed by atoms with Crippen LogP contribution in [-0.2, 0) is 6.18 Å². The lowest BCUT2D eigenvalue weighted by atomic mass is 9.92. The van der Waals surface area contributed by atoms with Gasteiger partial charge in [-0.25, -0.2) is 0 Å². The Bertz CT molecular complexity index is 789. The number of nitrogens with one attached hydrogen (secondary N) is 1. The molecule has 4 rings (SSSR count). The third-order valence-corrected chi connectivity index (χ3v) is 4.79. The van der Waals surface area contributed by atoms with Crippen molar-refractivity contribution in [2.45, 2.75) is 12.2 Å². The van der Waals surface area contributed by atoms with Gasteiger partial charge in [0.25, 0.3) is 0 Å². The Kier molecular flexibility index (Phi) is 4.50. The molecule has 1 saturated heterocycles. The van der Waals surface area contributed by atoms with Crippen LogP contribution in [0.15, 0.2) is 42.5 Å². The smallest absolute Gasteiger partial charge is 0.416 e. The van der Waals surface area contributed by atoms with Crippen LogP contribution in [0.2, 0.25) is 0 Å². The van der Waals surface area contributed by atoms with Crippen LogP contribution in [0, 0.1) is 0 Å². The molecule has 1 N–H and O–H groups in total.